The van der Waals surface area contributed by atoms with Crippen molar-refractivity contribution in [3.05, 3.63) is 70.5 Å². The maximum atomic E-state index is 11.7. The van der Waals surface area contributed by atoms with E-state index in [-0.39, 0.29) is 17.3 Å². The number of nitro groups is 1. The van der Waals surface area contributed by atoms with E-state index < -0.39 is 10.9 Å². The molecule has 3 aromatic rings. The molecular formula is C19H17N5O5. The number of esters is 1. The second kappa shape index (κ2) is 8.65. The average molecular weight is 395 g/mol. The van der Waals surface area contributed by atoms with E-state index in [9.17, 15) is 14.9 Å². The largest absolute Gasteiger partial charge is 0.495 e. The highest BCUT2D eigenvalue weighted by Gasteiger charge is 2.24. The zero-order valence-electron chi connectivity index (χ0n) is 15.6. The molecule has 0 bridgehead atoms. The molecule has 0 aliphatic rings. The minimum absolute atomic E-state index is 0.00295. The number of nitrogens with one attached hydrogen (secondary N) is 2. The van der Waals surface area contributed by atoms with E-state index in [0.717, 1.165) is 0 Å². The fourth-order valence-electron chi connectivity index (χ4n) is 2.55. The normalized spacial score (nSPS) is 10.1. The van der Waals surface area contributed by atoms with Crippen molar-refractivity contribution >= 4 is 34.7 Å². The standard InChI is InChI=1S/C19H17N5O5/c1-28-15-6-4-3-5-14(15)23-18-16(24(26)27)17(20-11-21-18)22-13-9-7-12(8-10-13)19(25)29-2/h3-11H,1-2H3,(H2,20,21,22,23). The first-order chi connectivity index (χ1) is 14.0. The van der Waals surface area contributed by atoms with E-state index in [2.05, 4.69) is 25.3 Å². The molecule has 148 valence electrons. The monoisotopic (exact) mass is 395 g/mol. The van der Waals surface area contributed by atoms with Gasteiger partial charge in [-0.2, -0.15) is 0 Å². The fraction of sp³-hybridized carbons (Fsp3) is 0.105. The summed E-state index contributed by atoms with van der Waals surface area (Å²) in [5.41, 5.74) is 1.04. The summed E-state index contributed by atoms with van der Waals surface area (Å²) in [6, 6.07) is 13.2. The SMILES string of the molecule is COC(=O)c1ccc(Nc2ncnc(Nc3ccccc3OC)c2[N+](=O)[O-])cc1. The molecule has 0 fully saturated rings. The second-order valence-electron chi connectivity index (χ2n) is 5.70. The van der Waals surface area contributed by atoms with Crippen LogP contribution in [0.25, 0.3) is 0 Å². The summed E-state index contributed by atoms with van der Waals surface area (Å²) in [7, 11) is 2.79. The number of rotatable bonds is 7. The summed E-state index contributed by atoms with van der Waals surface area (Å²) in [6.07, 6.45) is 1.20. The van der Waals surface area contributed by atoms with Crippen molar-refractivity contribution in [1.29, 1.82) is 0 Å². The van der Waals surface area contributed by atoms with Gasteiger partial charge in [0.25, 0.3) is 0 Å². The predicted octanol–water partition coefficient (Wildman–Crippen LogP) is 3.67. The lowest BCUT2D eigenvalue weighted by atomic mass is 10.2. The summed E-state index contributed by atoms with van der Waals surface area (Å²) >= 11 is 0. The Morgan fingerprint density at radius 2 is 1.66 bits per heavy atom. The number of hydrogen-bond acceptors (Lipinski definition) is 9. The molecule has 2 aromatic carbocycles. The lowest BCUT2D eigenvalue weighted by Gasteiger charge is -2.12. The summed E-state index contributed by atoms with van der Waals surface area (Å²) < 4.78 is 9.90. The minimum atomic E-state index is -0.580. The maximum Gasteiger partial charge on any atom is 0.353 e. The molecule has 1 aromatic heterocycles. The number of hydrogen-bond donors (Lipinski definition) is 2. The molecule has 1 heterocycles. The zero-order chi connectivity index (χ0) is 20.8. The molecule has 10 nitrogen and oxygen atoms in total. The highest BCUT2D eigenvalue weighted by molar-refractivity contribution is 5.90. The van der Waals surface area contributed by atoms with Gasteiger partial charge in [-0.3, -0.25) is 10.1 Å². The molecular weight excluding hydrogens is 378 g/mol. The quantitative estimate of drug-likeness (QED) is 0.350. The number of anilines is 4. The third-order valence-corrected chi connectivity index (χ3v) is 3.93. The summed E-state index contributed by atoms with van der Waals surface area (Å²) in [5.74, 6) is 0.0255. The van der Waals surface area contributed by atoms with Gasteiger partial charge in [0.05, 0.1) is 30.4 Å². The van der Waals surface area contributed by atoms with Crippen LogP contribution in [-0.2, 0) is 4.74 Å². The van der Waals surface area contributed by atoms with Crippen molar-refractivity contribution in [1.82, 2.24) is 9.97 Å². The average Bonchev–Trinajstić information content (AvgIpc) is 2.74. The van der Waals surface area contributed by atoms with Gasteiger partial charge in [-0.1, -0.05) is 12.1 Å². The lowest BCUT2D eigenvalue weighted by Crippen LogP contribution is -2.06. The van der Waals surface area contributed by atoms with Crippen molar-refractivity contribution in [2.45, 2.75) is 0 Å². The molecule has 0 aliphatic carbocycles. The van der Waals surface area contributed by atoms with Gasteiger partial charge in [0.1, 0.15) is 12.1 Å². The van der Waals surface area contributed by atoms with E-state index in [1.807, 2.05) is 0 Å². The van der Waals surface area contributed by atoms with E-state index in [0.29, 0.717) is 22.7 Å². The van der Waals surface area contributed by atoms with Crippen LogP contribution in [0.15, 0.2) is 54.9 Å². The Bertz CT molecular complexity index is 1040. The lowest BCUT2D eigenvalue weighted by molar-refractivity contribution is -0.383. The van der Waals surface area contributed by atoms with E-state index >= 15 is 0 Å². The van der Waals surface area contributed by atoms with Crippen molar-refractivity contribution in [3.63, 3.8) is 0 Å². The smallest absolute Gasteiger partial charge is 0.353 e. The molecule has 10 heteroatoms. The molecule has 0 spiro atoms. The number of carbonyl (C=O) groups is 1. The molecule has 2 N–H and O–H groups in total. The van der Waals surface area contributed by atoms with Crippen LogP contribution in [0.3, 0.4) is 0 Å². The Morgan fingerprint density at radius 3 is 2.28 bits per heavy atom. The summed E-state index contributed by atoms with van der Waals surface area (Å²) in [6.45, 7) is 0. The van der Waals surface area contributed by atoms with Crippen LogP contribution in [-0.4, -0.2) is 35.1 Å². The number of para-hydroxylation sites is 2. The molecule has 0 amide bonds. The van der Waals surface area contributed by atoms with Gasteiger partial charge in [-0.25, -0.2) is 14.8 Å². The molecule has 0 atom stereocenters. The third-order valence-electron chi connectivity index (χ3n) is 3.93. The van der Waals surface area contributed by atoms with Gasteiger partial charge >= 0.3 is 11.7 Å². The Morgan fingerprint density at radius 1 is 1.00 bits per heavy atom. The van der Waals surface area contributed by atoms with Gasteiger partial charge in [-0.15, -0.1) is 0 Å². The van der Waals surface area contributed by atoms with Gasteiger partial charge in [0, 0.05) is 5.69 Å². The van der Waals surface area contributed by atoms with Gasteiger partial charge in [-0.05, 0) is 36.4 Å². The maximum absolute atomic E-state index is 11.7. The van der Waals surface area contributed by atoms with Crippen molar-refractivity contribution in [3.8, 4) is 5.75 Å². The Labute approximate surface area is 165 Å². The van der Waals surface area contributed by atoms with Crippen molar-refractivity contribution in [2.75, 3.05) is 24.9 Å². The number of ether oxygens (including phenoxy) is 2. The number of benzene rings is 2. The predicted molar refractivity (Wildman–Crippen MR) is 106 cm³/mol. The Kier molecular flexibility index (Phi) is 5.83. The summed E-state index contributed by atoms with van der Waals surface area (Å²) in [4.78, 5) is 30.6. The fourth-order valence-corrected chi connectivity index (χ4v) is 2.55. The molecule has 0 saturated heterocycles. The minimum Gasteiger partial charge on any atom is -0.495 e. The highest BCUT2D eigenvalue weighted by atomic mass is 16.6. The summed E-state index contributed by atoms with van der Waals surface area (Å²) in [5, 5.41) is 17.5. The first-order valence-corrected chi connectivity index (χ1v) is 8.38. The van der Waals surface area contributed by atoms with Crippen LogP contribution in [0, 0.1) is 10.1 Å². The molecule has 29 heavy (non-hydrogen) atoms. The second-order valence-corrected chi connectivity index (χ2v) is 5.70. The van der Waals surface area contributed by atoms with Crippen molar-refractivity contribution < 1.29 is 19.2 Å². The molecule has 0 radical (unpaired) electrons. The number of methoxy groups -OCH3 is 2. The van der Waals surface area contributed by atoms with E-state index in [1.165, 1.54) is 32.7 Å². The van der Waals surface area contributed by atoms with Crippen LogP contribution < -0.4 is 15.4 Å². The molecule has 0 aliphatic heterocycles. The number of carbonyl (C=O) groups excluding carboxylic acids is 1. The van der Waals surface area contributed by atoms with Gasteiger partial charge < -0.3 is 20.1 Å². The van der Waals surface area contributed by atoms with Crippen LogP contribution in [0.4, 0.5) is 28.7 Å². The van der Waals surface area contributed by atoms with Crippen LogP contribution in [0.5, 0.6) is 5.75 Å². The zero-order valence-corrected chi connectivity index (χ0v) is 15.6. The molecule has 3 rings (SSSR count). The molecule has 0 saturated carbocycles. The first-order valence-electron chi connectivity index (χ1n) is 8.38. The van der Waals surface area contributed by atoms with Gasteiger partial charge in [0.2, 0.25) is 11.6 Å². The van der Waals surface area contributed by atoms with Crippen LogP contribution >= 0.6 is 0 Å². The number of aromatic nitrogens is 2. The number of nitrogens with zero attached hydrogens (tertiary/aromatic N) is 3. The Hall–Kier alpha value is -4.21. The molecule has 0 unspecified atom stereocenters. The Balaban J connectivity index is 1.93. The third kappa shape index (κ3) is 4.38. The first kappa shape index (κ1) is 19.5. The van der Waals surface area contributed by atoms with Gasteiger partial charge in [0.15, 0.2) is 0 Å². The van der Waals surface area contributed by atoms with E-state index in [4.69, 9.17) is 4.74 Å². The highest BCUT2D eigenvalue weighted by Crippen LogP contribution is 2.35. The van der Waals surface area contributed by atoms with Crippen molar-refractivity contribution in [2.24, 2.45) is 0 Å². The topological polar surface area (TPSA) is 129 Å². The van der Waals surface area contributed by atoms with Crippen LogP contribution in [0.2, 0.25) is 0 Å². The van der Waals surface area contributed by atoms with Crippen LogP contribution in [0.1, 0.15) is 10.4 Å². The van der Waals surface area contributed by atoms with E-state index in [1.54, 1.807) is 36.4 Å².